The number of hydrogen-bond acceptors (Lipinski definition) is 3. The molecule has 5 heteroatoms. The molecule has 25 heavy (non-hydrogen) atoms. The van der Waals surface area contributed by atoms with E-state index in [2.05, 4.69) is 43.6 Å². The van der Waals surface area contributed by atoms with E-state index < -0.39 is 11.8 Å². The lowest BCUT2D eigenvalue weighted by Crippen LogP contribution is -2.62. The van der Waals surface area contributed by atoms with Crippen molar-refractivity contribution in [1.82, 2.24) is 10.6 Å². The SMILES string of the molecule is CC1(C)CC(NC(=O)C(=O)Nc2ccc3c(c2)CCC3)CC(C)(C)N1. The van der Waals surface area contributed by atoms with Gasteiger partial charge in [-0.2, -0.15) is 0 Å². The van der Waals surface area contributed by atoms with Gasteiger partial charge in [0.1, 0.15) is 0 Å². The van der Waals surface area contributed by atoms with Crippen LogP contribution in [0.25, 0.3) is 0 Å². The van der Waals surface area contributed by atoms with Crippen LogP contribution >= 0.6 is 0 Å². The minimum atomic E-state index is -0.591. The van der Waals surface area contributed by atoms with E-state index in [9.17, 15) is 9.59 Å². The van der Waals surface area contributed by atoms with Gasteiger partial charge < -0.3 is 16.0 Å². The predicted molar refractivity (Wildman–Crippen MR) is 99.6 cm³/mol. The first-order chi connectivity index (χ1) is 11.6. The fourth-order valence-electron chi connectivity index (χ4n) is 4.51. The summed E-state index contributed by atoms with van der Waals surface area (Å²) in [5, 5.41) is 9.22. The number of benzene rings is 1. The smallest absolute Gasteiger partial charge is 0.313 e. The quantitative estimate of drug-likeness (QED) is 0.723. The Hall–Kier alpha value is -1.88. The second-order valence-electron chi connectivity index (χ2n) is 8.76. The Bertz CT molecular complexity index is 678. The summed E-state index contributed by atoms with van der Waals surface area (Å²) in [5.41, 5.74) is 3.18. The summed E-state index contributed by atoms with van der Waals surface area (Å²) < 4.78 is 0. The van der Waals surface area contributed by atoms with Crippen molar-refractivity contribution < 1.29 is 9.59 Å². The summed E-state index contributed by atoms with van der Waals surface area (Å²) in [7, 11) is 0. The van der Waals surface area contributed by atoms with Gasteiger partial charge in [-0.25, -0.2) is 0 Å². The molecule has 0 atom stereocenters. The van der Waals surface area contributed by atoms with Crippen molar-refractivity contribution in [3.63, 3.8) is 0 Å². The summed E-state index contributed by atoms with van der Waals surface area (Å²) in [6.07, 6.45) is 4.91. The van der Waals surface area contributed by atoms with Crippen molar-refractivity contribution in [3.8, 4) is 0 Å². The van der Waals surface area contributed by atoms with Crippen LogP contribution in [-0.4, -0.2) is 28.9 Å². The minimum Gasteiger partial charge on any atom is -0.345 e. The third kappa shape index (κ3) is 4.40. The number of anilines is 1. The average Bonchev–Trinajstić information content (AvgIpc) is 2.91. The Morgan fingerprint density at radius 2 is 1.64 bits per heavy atom. The highest BCUT2D eigenvalue weighted by atomic mass is 16.2. The highest BCUT2D eigenvalue weighted by molar-refractivity contribution is 6.39. The topological polar surface area (TPSA) is 70.2 Å². The van der Waals surface area contributed by atoms with E-state index in [4.69, 9.17) is 0 Å². The molecular weight excluding hydrogens is 314 g/mol. The van der Waals surface area contributed by atoms with Crippen LogP contribution in [0.1, 0.15) is 58.1 Å². The van der Waals surface area contributed by atoms with Crippen molar-refractivity contribution in [1.29, 1.82) is 0 Å². The molecule has 1 heterocycles. The molecular formula is C20H29N3O2. The van der Waals surface area contributed by atoms with Crippen molar-refractivity contribution in [2.24, 2.45) is 0 Å². The van der Waals surface area contributed by atoms with Gasteiger partial charge >= 0.3 is 11.8 Å². The molecule has 0 bridgehead atoms. The Balaban J connectivity index is 1.60. The number of amides is 2. The summed E-state index contributed by atoms with van der Waals surface area (Å²) in [5.74, 6) is -1.15. The second-order valence-corrected chi connectivity index (χ2v) is 8.76. The number of rotatable bonds is 2. The van der Waals surface area contributed by atoms with Gasteiger partial charge in [0.25, 0.3) is 0 Å². The van der Waals surface area contributed by atoms with Crippen LogP contribution in [0.15, 0.2) is 18.2 Å². The normalized spacial score (nSPS) is 21.4. The Morgan fingerprint density at radius 3 is 2.32 bits per heavy atom. The van der Waals surface area contributed by atoms with Crippen LogP contribution in [-0.2, 0) is 22.4 Å². The van der Waals surface area contributed by atoms with Gasteiger partial charge in [0.2, 0.25) is 0 Å². The molecule has 1 aliphatic heterocycles. The molecule has 3 N–H and O–H groups in total. The number of nitrogens with one attached hydrogen (secondary N) is 3. The molecule has 0 radical (unpaired) electrons. The first-order valence-electron chi connectivity index (χ1n) is 9.17. The van der Waals surface area contributed by atoms with E-state index in [1.807, 2.05) is 18.2 Å². The zero-order chi connectivity index (χ0) is 18.2. The van der Waals surface area contributed by atoms with Gasteiger partial charge in [0.15, 0.2) is 0 Å². The van der Waals surface area contributed by atoms with Gasteiger partial charge in [-0.05, 0) is 83.1 Å². The van der Waals surface area contributed by atoms with Gasteiger partial charge in [-0.1, -0.05) is 6.07 Å². The first-order valence-corrected chi connectivity index (χ1v) is 9.17. The van der Waals surface area contributed by atoms with Gasteiger partial charge in [-0.3, -0.25) is 9.59 Å². The maximum Gasteiger partial charge on any atom is 0.313 e. The van der Waals surface area contributed by atoms with E-state index in [0.717, 1.165) is 32.1 Å². The van der Waals surface area contributed by atoms with Crippen LogP contribution < -0.4 is 16.0 Å². The molecule has 0 saturated carbocycles. The summed E-state index contributed by atoms with van der Waals surface area (Å²) >= 11 is 0. The van der Waals surface area contributed by atoms with Crippen LogP contribution in [0.2, 0.25) is 0 Å². The molecule has 1 aromatic rings. The van der Waals surface area contributed by atoms with Gasteiger partial charge in [0.05, 0.1) is 0 Å². The lowest BCUT2D eigenvalue weighted by atomic mass is 9.79. The number of hydrogen-bond donors (Lipinski definition) is 3. The standard InChI is InChI=1S/C20H29N3O2/c1-19(2)11-16(12-20(3,4)23-19)22-18(25)17(24)21-15-9-8-13-6-5-7-14(13)10-15/h8-10,16,23H,5-7,11-12H2,1-4H3,(H,21,24)(H,22,25). The maximum absolute atomic E-state index is 12.3. The van der Waals surface area contributed by atoms with Crippen molar-refractivity contribution in [3.05, 3.63) is 29.3 Å². The first kappa shape index (κ1) is 17.9. The fraction of sp³-hybridized carbons (Fsp3) is 0.600. The molecule has 1 fully saturated rings. The Kier molecular flexibility index (Phi) is 4.62. The lowest BCUT2D eigenvalue weighted by molar-refractivity contribution is -0.137. The van der Waals surface area contributed by atoms with E-state index in [1.54, 1.807) is 0 Å². The van der Waals surface area contributed by atoms with Crippen molar-refractivity contribution >= 4 is 17.5 Å². The van der Waals surface area contributed by atoms with Gasteiger partial charge in [0, 0.05) is 22.8 Å². The average molecular weight is 343 g/mol. The molecule has 0 aromatic heterocycles. The second kappa shape index (κ2) is 6.45. The van der Waals surface area contributed by atoms with E-state index >= 15 is 0 Å². The third-order valence-electron chi connectivity index (χ3n) is 5.09. The van der Waals surface area contributed by atoms with E-state index in [1.165, 1.54) is 11.1 Å². The number of carbonyl (C=O) groups is 2. The highest BCUT2D eigenvalue weighted by Gasteiger charge is 2.38. The van der Waals surface area contributed by atoms with E-state index in [0.29, 0.717) is 5.69 Å². The molecule has 0 unspecified atom stereocenters. The number of aryl methyl sites for hydroxylation is 2. The zero-order valence-electron chi connectivity index (χ0n) is 15.7. The molecule has 3 rings (SSSR count). The molecule has 0 spiro atoms. The summed E-state index contributed by atoms with van der Waals surface area (Å²) in [4.78, 5) is 24.6. The molecule has 1 aromatic carbocycles. The van der Waals surface area contributed by atoms with E-state index in [-0.39, 0.29) is 17.1 Å². The van der Waals surface area contributed by atoms with Crippen LogP contribution in [0, 0.1) is 0 Å². The molecule has 136 valence electrons. The number of piperidine rings is 1. The van der Waals surface area contributed by atoms with Crippen molar-refractivity contribution in [2.75, 3.05) is 5.32 Å². The molecule has 1 saturated heterocycles. The monoisotopic (exact) mass is 343 g/mol. The summed E-state index contributed by atoms with van der Waals surface area (Å²) in [6, 6.07) is 5.91. The largest absolute Gasteiger partial charge is 0.345 e. The van der Waals surface area contributed by atoms with Crippen molar-refractivity contribution in [2.45, 2.75) is 76.9 Å². The molecule has 2 aliphatic rings. The van der Waals surface area contributed by atoms with Crippen LogP contribution in [0.4, 0.5) is 5.69 Å². The number of fused-ring (bicyclic) bond motifs is 1. The maximum atomic E-state index is 12.3. The predicted octanol–water partition coefficient (Wildman–Crippen LogP) is 2.54. The third-order valence-corrected chi connectivity index (χ3v) is 5.09. The highest BCUT2D eigenvalue weighted by Crippen LogP contribution is 2.28. The summed E-state index contributed by atoms with van der Waals surface area (Å²) in [6.45, 7) is 8.49. The molecule has 5 nitrogen and oxygen atoms in total. The van der Waals surface area contributed by atoms with Gasteiger partial charge in [-0.15, -0.1) is 0 Å². The van der Waals surface area contributed by atoms with Crippen LogP contribution in [0.3, 0.4) is 0 Å². The fourth-order valence-corrected chi connectivity index (χ4v) is 4.51. The Labute approximate surface area is 150 Å². The molecule has 2 amide bonds. The zero-order valence-corrected chi connectivity index (χ0v) is 15.7. The molecule has 1 aliphatic carbocycles. The van der Waals surface area contributed by atoms with Crippen LogP contribution in [0.5, 0.6) is 0 Å². The lowest BCUT2D eigenvalue weighted by Gasteiger charge is -2.46. The Morgan fingerprint density at radius 1 is 1.00 bits per heavy atom. The number of carbonyl (C=O) groups excluding carboxylic acids is 2. The minimum absolute atomic E-state index is 0.00970.